The number of nitrogens with one attached hydrogen (secondary N) is 1. The first kappa shape index (κ1) is 18.6. The number of guanidine groups is 1. The van der Waals surface area contributed by atoms with E-state index in [9.17, 15) is 14.4 Å². The molecule has 0 unspecified atom stereocenters. The van der Waals surface area contributed by atoms with Crippen LogP contribution in [0.5, 0.6) is 0 Å². The molecule has 0 saturated heterocycles. The number of aliphatic imine (C=N–C) groups is 1. The molecule has 0 aliphatic rings. The van der Waals surface area contributed by atoms with Crippen molar-refractivity contribution in [2.45, 2.75) is 37.8 Å². The number of hydrogen-bond acceptors (Lipinski definition) is 5. The van der Waals surface area contributed by atoms with E-state index in [0.29, 0.717) is 13.0 Å². The molecular formula is C11H21N5O5. The topological polar surface area (TPSA) is 194 Å². The third-order valence-corrected chi connectivity index (χ3v) is 2.57. The Balaban J connectivity index is 4.24. The van der Waals surface area contributed by atoms with E-state index < -0.39 is 29.9 Å². The number of carboxylic acid groups (broad SMARTS) is 2. The van der Waals surface area contributed by atoms with Crippen LogP contribution in [0.1, 0.15) is 25.7 Å². The zero-order valence-corrected chi connectivity index (χ0v) is 11.5. The molecular weight excluding hydrogens is 282 g/mol. The molecule has 0 fully saturated rings. The Kier molecular flexibility index (Phi) is 8.46. The van der Waals surface area contributed by atoms with Crippen LogP contribution in [-0.4, -0.2) is 52.6 Å². The van der Waals surface area contributed by atoms with Gasteiger partial charge in [0.1, 0.15) is 6.04 Å². The molecule has 0 saturated carbocycles. The largest absolute Gasteiger partial charge is 0.481 e. The molecule has 0 aromatic carbocycles. The van der Waals surface area contributed by atoms with Crippen LogP contribution >= 0.6 is 0 Å². The van der Waals surface area contributed by atoms with Gasteiger partial charge in [-0.2, -0.15) is 0 Å². The first-order chi connectivity index (χ1) is 9.73. The molecule has 0 aliphatic heterocycles. The van der Waals surface area contributed by atoms with E-state index in [1.54, 1.807) is 0 Å². The minimum Gasteiger partial charge on any atom is -0.481 e. The summed E-state index contributed by atoms with van der Waals surface area (Å²) in [6.45, 7) is 0.310. The van der Waals surface area contributed by atoms with Crippen molar-refractivity contribution in [3.8, 4) is 0 Å². The molecule has 0 aromatic rings. The van der Waals surface area contributed by atoms with Gasteiger partial charge in [-0.25, -0.2) is 4.79 Å². The number of nitrogens with zero attached hydrogens (tertiary/aromatic N) is 1. The van der Waals surface area contributed by atoms with E-state index >= 15 is 0 Å². The maximum atomic E-state index is 11.7. The van der Waals surface area contributed by atoms with Gasteiger partial charge in [-0.05, 0) is 19.3 Å². The maximum absolute atomic E-state index is 11.7. The fourth-order valence-corrected chi connectivity index (χ4v) is 1.45. The van der Waals surface area contributed by atoms with Gasteiger partial charge in [0.2, 0.25) is 5.91 Å². The minimum atomic E-state index is -1.31. The van der Waals surface area contributed by atoms with E-state index in [2.05, 4.69) is 10.3 Å². The molecule has 0 aliphatic carbocycles. The molecule has 0 bridgehead atoms. The average Bonchev–Trinajstić information content (AvgIpc) is 2.38. The SMILES string of the molecule is NC(N)=NCCC[C@@H](N)C(=O)N[C@@H](CCC(=O)O)C(=O)O. The Morgan fingerprint density at radius 3 is 2.24 bits per heavy atom. The average molecular weight is 303 g/mol. The summed E-state index contributed by atoms with van der Waals surface area (Å²) in [5.41, 5.74) is 15.9. The number of carbonyl (C=O) groups excluding carboxylic acids is 1. The van der Waals surface area contributed by atoms with E-state index in [1.807, 2.05) is 0 Å². The summed E-state index contributed by atoms with van der Waals surface area (Å²) < 4.78 is 0. The molecule has 120 valence electrons. The van der Waals surface area contributed by atoms with Crippen molar-refractivity contribution in [1.29, 1.82) is 0 Å². The fourth-order valence-electron chi connectivity index (χ4n) is 1.45. The van der Waals surface area contributed by atoms with Gasteiger partial charge < -0.3 is 32.7 Å². The lowest BCUT2D eigenvalue weighted by Gasteiger charge is -2.17. The predicted octanol–water partition coefficient (Wildman–Crippen LogP) is -2.20. The van der Waals surface area contributed by atoms with Crippen molar-refractivity contribution in [1.82, 2.24) is 5.32 Å². The zero-order valence-electron chi connectivity index (χ0n) is 11.5. The first-order valence-electron chi connectivity index (χ1n) is 6.30. The lowest BCUT2D eigenvalue weighted by molar-refractivity contribution is -0.143. The molecule has 1 amide bonds. The third-order valence-electron chi connectivity index (χ3n) is 2.57. The van der Waals surface area contributed by atoms with E-state index in [4.69, 9.17) is 27.4 Å². The first-order valence-corrected chi connectivity index (χ1v) is 6.30. The molecule has 10 nitrogen and oxygen atoms in total. The van der Waals surface area contributed by atoms with Crippen LogP contribution in [0.4, 0.5) is 0 Å². The fraction of sp³-hybridized carbons (Fsp3) is 0.636. The number of hydrogen-bond donors (Lipinski definition) is 6. The summed E-state index contributed by atoms with van der Waals surface area (Å²) in [7, 11) is 0. The van der Waals surface area contributed by atoms with Gasteiger partial charge in [0, 0.05) is 13.0 Å². The maximum Gasteiger partial charge on any atom is 0.326 e. The van der Waals surface area contributed by atoms with Crippen LogP contribution in [0.3, 0.4) is 0 Å². The number of rotatable bonds is 10. The Bertz CT molecular complexity index is 408. The Morgan fingerprint density at radius 2 is 1.76 bits per heavy atom. The highest BCUT2D eigenvalue weighted by molar-refractivity contribution is 5.87. The zero-order chi connectivity index (χ0) is 16.4. The van der Waals surface area contributed by atoms with E-state index in [1.165, 1.54) is 0 Å². The Labute approximate surface area is 121 Å². The third kappa shape index (κ3) is 9.21. The summed E-state index contributed by atoms with van der Waals surface area (Å²) in [5.74, 6) is -3.17. The number of nitrogens with two attached hydrogens (primary N) is 3. The number of carbonyl (C=O) groups is 3. The summed E-state index contributed by atoms with van der Waals surface area (Å²) in [6, 6.07) is -2.19. The second kappa shape index (κ2) is 9.53. The second-order valence-electron chi connectivity index (χ2n) is 4.39. The Morgan fingerprint density at radius 1 is 1.14 bits per heavy atom. The molecule has 0 rings (SSSR count). The molecule has 0 aromatic heterocycles. The van der Waals surface area contributed by atoms with Crippen molar-refractivity contribution in [3.05, 3.63) is 0 Å². The van der Waals surface area contributed by atoms with Crippen LogP contribution in [0.15, 0.2) is 4.99 Å². The number of carboxylic acids is 2. The highest BCUT2D eigenvalue weighted by atomic mass is 16.4. The highest BCUT2D eigenvalue weighted by Crippen LogP contribution is 2.01. The second-order valence-corrected chi connectivity index (χ2v) is 4.39. The smallest absolute Gasteiger partial charge is 0.326 e. The van der Waals surface area contributed by atoms with E-state index in [-0.39, 0.29) is 25.2 Å². The van der Waals surface area contributed by atoms with Crippen LogP contribution < -0.4 is 22.5 Å². The number of aliphatic carboxylic acids is 2. The van der Waals surface area contributed by atoms with Gasteiger partial charge >= 0.3 is 11.9 Å². The van der Waals surface area contributed by atoms with Crippen molar-refractivity contribution >= 4 is 23.8 Å². The molecule has 0 radical (unpaired) electrons. The summed E-state index contributed by atoms with van der Waals surface area (Å²) in [6.07, 6.45) is 0.154. The standard InChI is InChI=1S/C11H21N5O5/c12-6(2-1-5-15-11(13)14)9(19)16-7(10(20)21)3-4-8(17)18/h6-7H,1-5,12H2,(H,16,19)(H,17,18)(H,20,21)(H4,13,14,15)/t6-,7+/m1/s1. The van der Waals surface area contributed by atoms with Crippen LogP contribution in [-0.2, 0) is 14.4 Å². The number of amides is 1. The molecule has 0 heterocycles. The van der Waals surface area contributed by atoms with Crippen molar-refractivity contribution < 1.29 is 24.6 Å². The lowest BCUT2D eigenvalue weighted by atomic mass is 10.1. The van der Waals surface area contributed by atoms with Crippen molar-refractivity contribution in [2.75, 3.05) is 6.54 Å². The van der Waals surface area contributed by atoms with Crippen LogP contribution in [0.2, 0.25) is 0 Å². The molecule has 9 N–H and O–H groups in total. The molecule has 2 atom stereocenters. The normalized spacial score (nSPS) is 13.0. The molecule has 0 spiro atoms. The van der Waals surface area contributed by atoms with Crippen LogP contribution in [0, 0.1) is 0 Å². The van der Waals surface area contributed by atoms with Gasteiger partial charge in [-0.3, -0.25) is 14.6 Å². The van der Waals surface area contributed by atoms with E-state index in [0.717, 1.165) is 0 Å². The molecule has 21 heavy (non-hydrogen) atoms. The van der Waals surface area contributed by atoms with Crippen molar-refractivity contribution in [2.24, 2.45) is 22.2 Å². The van der Waals surface area contributed by atoms with Gasteiger partial charge in [0.05, 0.1) is 6.04 Å². The minimum absolute atomic E-state index is 0.0624. The monoisotopic (exact) mass is 303 g/mol. The Hall–Kier alpha value is -2.36. The lowest BCUT2D eigenvalue weighted by Crippen LogP contribution is -2.48. The molecule has 10 heteroatoms. The van der Waals surface area contributed by atoms with Gasteiger partial charge in [0.15, 0.2) is 5.96 Å². The summed E-state index contributed by atoms with van der Waals surface area (Å²) in [4.78, 5) is 36.7. The van der Waals surface area contributed by atoms with Gasteiger partial charge in [0.25, 0.3) is 0 Å². The predicted molar refractivity (Wildman–Crippen MR) is 74.3 cm³/mol. The van der Waals surface area contributed by atoms with Crippen LogP contribution in [0.25, 0.3) is 0 Å². The van der Waals surface area contributed by atoms with Crippen molar-refractivity contribution in [3.63, 3.8) is 0 Å². The summed E-state index contributed by atoms with van der Waals surface area (Å²) >= 11 is 0. The quantitative estimate of drug-likeness (QED) is 0.148. The van der Waals surface area contributed by atoms with Gasteiger partial charge in [-0.1, -0.05) is 0 Å². The summed E-state index contributed by atoms with van der Waals surface area (Å²) in [5, 5.41) is 19.6. The van der Waals surface area contributed by atoms with Gasteiger partial charge in [-0.15, -0.1) is 0 Å². The highest BCUT2D eigenvalue weighted by Gasteiger charge is 2.23.